The molecule has 3 atom stereocenters. The zero-order valence-corrected chi connectivity index (χ0v) is 11.4. The van der Waals surface area contributed by atoms with Crippen molar-refractivity contribution in [3.05, 3.63) is 30.5 Å². The minimum absolute atomic E-state index is 0.324. The standard InChI is InChI=1S/C16H19N3O/c20-10-11-7-12-5-6-13(8-11)19(12)16-9-17-14-3-1-2-4-15(14)18-16/h1-4,9,11-13,20H,5-8,10H2/t11?,12-,13+. The molecule has 0 saturated carbocycles. The Hall–Kier alpha value is -1.68. The lowest BCUT2D eigenvalue weighted by molar-refractivity contribution is 0.185. The molecule has 0 radical (unpaired) electrons. The molecule has 2 aromatic rings. The predicted molar refractivity (Wildman–Crippen MR) is 78.6 cm³/mol. The molecule has 2 aliphatic heterocycles. The van der Waals surface area contributed by atoms with Crippen LogP contribution in [-0.2, 0) is 0 Å². The van der Waals surface area contributed by atoms with Gasteiger partial charge in [0.2, 0.25) is 0 Å². The molecule has 4 heteroatoms. The van der Waals surface area contributed by atoms with Crippen molar-refractivity contribution in [3.63, 3.8) is 0 Å². The van der Waals surface area contributed by atoms with Gasteiger partial charge in [-0.15, -0.1) is 0 Å². The lowest BCUT2D eigenvalue weighted by atomic mass is 9.91. The van der Waals surface area contributed by atoms with Crippen LogP contribution < -0.4 is 4.90 Å². The Morgan fingerprint density at radius 1 is 1.10 bits per heavy atom. The second-order valence-corrected chi connectivity index (χ2v) is 6.03. The number of benzene rings is 1. The molecule has 1 aromatic carbocycles. The van der Waals surface area contributed by atoms with E-state index in [4.69, 9.17) is 4.98 Å². The van der Waals surface area contributed by atoms with E-state index in [-0.39, 0.29) is 0 Å². The Balaban J connectivity index is 1.69. The fourth-order valence-electron chi connectivity index (χ4n) is 3.88. The molecule has 4 nitrogen and oxygen atoms in total. The van der Waals surface area contributed by atoms with Crippen molar-refractivity contribution in [1.29, 1.82) is 0 Å². The van der Waals surface area contributed by atoms with Crippen LogP contribution in [0, 0.1) is 5.92 Å². The summed E-state index contributed by atoms with van der Waals surface area (Å²) in [5.74, 6) is 1.48. The van der Waals surface area contributed by atoms with Crippen molar-refractivity contribution in [3.8, 4) is 0 Å². The topological polar surface area (TPSA) is 49.2 Å². The average Bonchev–Trinajstić information content (AvgIpc) is 2.77. The molecule has 1 N–H and O–H groups in total. The molecule has 4 rings (SSSR count). The molecule has 0 aliphatic carbocycles. The molecule has 2 bridgehead atoms. The number of hydrogen-bond acceptors (Lipinski definition) is 4. The van der Waals surface area contributed by atoms with E-state index in [1.54, 1.807) is 0 Å². The smallest absolute Gasteiger partial charge is 0.148 e. The van der Waals surface area contributed by atoms with Crippen LogP contribution in [0.1, 0.15) is 25.7 Å². The fraction of sp³-hybridized carbons (Fsp3) is 0.500. The van der Waals surface area contributed by atoms with Crippen molar-refractivity contribution in [2.75, 3.05) is 11.5 Å². The monoisotopic (exact) mass is 269 g/mol. The molecule has 2 saturated heterocycles. The van der Waals surface area contributed by atoms with Crippen LogP contribution in [-0.4, -0.2) is 33.8 Å². The number of nitrogens with zero attached hydrogens (tertiary/aromatic N) is 3. The highest BCUT2D eigenvalue weighted by Gasteiger charge is 2.41. The van der Waals surface area contributed by atoms with Crippen molar-refractivity contribution in [1.82, 2.24) is 9.97 Å². The third-order valence-corrected chi connectivity index (χ3v) is 4.79. The van der Waals surface area contributed by atoms with Crippen LogP contribution in [0.5, 0.6) is 0 Å². The summed E-state index contributed by atoms with van der Waals surface area (Å²) in [7, 11) is 0. The second-order valence-electron chi connectivity index (χ2n) is 6.03. The Labute approximate surface area is 118 Å². The van der Waals surface area contributed by atoms with Crippen molar-refractivity contribution in [2.45, 2.75) is 37.8 Å². The van der Waals surface area contributed by atoms with E-state index in [0.717, 1.165) is 29.7 Å². The summed E-state index contributed by atoms with van der Waals surface area (Å²) in [6.45, 7) is 0.324. The van der Waals surface area contributed by atoms with Crippen molar-refractivity contribution >= 4 is 16.9 Å². The van der Waals surface area contributed by atoms with E-state index in [1.165, 1.54) is 12.8 Å². The lowest BCUT2D eigenvalue weighted by Crippen LogP contribution is -2.44. The number of aromatic nitrogens is 2. The second kappa shape index (κ2) is 4.70. The van der Waals surface area contributed by atoms with Crippen LogP contribution >= 0.6 is 0 Å². The number of para-hydroxylation sites is 2. The molecule has 1 unspecified atom stereocenters. The summed E-state index contributed by atoms with van der Waals surface area (Å²) in [5, 5.41) is 9.41. The van der Waals surface area contributed by atoms with E-state index >= 15 is 0 Å². The van der Waals surface area contributed by atoms with E-state index in [1.807, 2.05) is 30.5 Å². The molecule has 2 fully saturated rings. The van der Waals surface area contributed by atoms with Gasteiger partial charge in [0.25, 0.3) is 0 Å². The first-order valence-electron chi connectivity index (χ1n) is 7.46. The first-order chi connectivity index (χ1) is 9.85. The third kappa shape index (κ3) is 1.86. The Morgan fingerprint density at radius 3 is 2.50 bits per heavy atom. The van der Waals surface area contributed by atoms with Crippen LogP contribution in [0.25, 0.3) is 11.0 Å². The van der Waals surface area contributed by atoms with E-state index in [9.17, 15) is 5.11 Å². The summed E-state index contributed by atoms with van der Waals surface area (Å²) in [5.41, 5.74) is 1.92. The average molecular weight is 269 g/mol. The molecule has 1 aromatic heterocycles. The molecule has 3 heterocycles. The van der Waals surface area contributed by atoms with Gasteiger partial charge in [0.1, 0.15) is 5.82 Å². The Morgan fingerprint density at radius 2 is 1.80 bits per heavy atom. The molecule has 104 valence electrons. The number of rotatable bonds is 2. The van der Waals surface area contributed by atoms with Gasteiger partial charge in [0, 0.05) is 18.7 Å². The zero-order chi connectivity index (χ0) is 13.5. The predicted octanol–water partition coefficient (Wildman–Crippen LogP) is 2.37. The number of anilines is 1. The lowest BCUT2D eigenvalue weighted by Gasteiger charge is -2.39. The van der Waals surface area contributed by atoms with Gasteiger partial charge in [-0.05, 0) is 43.7 Å². The third-order valence-electron chi connectivity index (χ3n) is 4.79. The van der Waals surface area contributed by atoms with Crippen LogP contribution in [0.3, 0.4) is 0 Å². The molecule has 0 amide bonds. The van der Waals surface area contributed by atoms with Gasteiger partial charge in [-0.1, -0.05) is 12.1 Å². The maximum absolute atomic E-state index is 9.41. The Kier molecular flexibility index (Phi) is 2.84. The van der Waals surface area contributed by atoms with Gasteiger partial charge in [-0.2, -0.15) is 0 Å². The maximum atomic E-state index is 9.41. The van der Waals surface area contributed by atoms with E-state index in [2.05, 4.69) is 9.88 Å². The van der Waals surface area contributed by atoms with Crippen LogP contribution in [0.2, 0.25) is 0 Å². The normalized spacial score (nSPS) is 29.1. The van der Waals surface area contributed by atoms with Crippen LogP contribution in [0.15, 0.2) is 30.5 Å². The summed E-state index contributed by atoms with van der Waals surface area (Å²) in [6, 6.07) is 9.08. The van der Waals surface area contributed by atoms with Gasteiger partial charge < -0.3 is 10.0 Å². The highest BCUT2D eigenvalue weighted by Crippen LogP contribution is 2.40. The first kappa shape index (κ1) is 12.1. The summed E-state index contributed by atoms with van der Waals surface area (Å²) < 4.78 is 0. The number of fused-ring (bicyclic) bond motifs is 3. The highest BCUT2D eigenvalue weighted by atomic mass is 16.3. The minimum atomic E-state index is 0.324. The summed E-state index contributed by atoms with van der Waals surface area (Å²) in [4.78, 5) is 11.8. The largest absolute Gasteiger partial charge is 0.396 e. The van der Waals surface area contributed by atoms with Gasteiger partial charge >= 0.3 is 0 Å². The van der Waals surface area contributed by atoms with Crippen LogP contribution in [0.4, 0.5) is 5.82 Å². The van der Waals surface area contributed by atoms with Crippen molar-refractivity contribution in [2.24, 2.45) is 5.92 Å². The molecular weight excluding hydrogens is 250 g/mol. The van der Waals surface area contributed by atoms with Gasteiger partial charge in [-0.25, -0.2) is 4.98 Å². The van der Waals surface area contributed by atoms with Crippen molar-refractivity contribution < 1.29 is 5.11 Å². The number of aliphatic hydroxyl groups excluding tert-OH is 1. The molecule has 2 aliphatic rings. The molecular formula is C16H19N3O. The van der Waals surface area contributed by atoms with Gasteiger partial charge in [0.15, 0.2) is 0 Å². The SMILES string of the molecule is OCC1C[C@H]2CC[C@@H](C1)N2c1cnc2ccccc2n1. The summed E-state index contributed by atoms with van der Waals surface area (Å²) in [6.07, 6.45) is 6.52. The van der Waals surface area contributed by atoms with Gasteiger partial charge in [0.05, 0.1) is 17.2 Å². The maximum Gasteiger partial charge on any atom is 0.148 e. The quantitative estimate of drug-likeness (QED) is 0.909. The highest BCUT2D eigenvalue weighted by molar-refractivity contribution is 5.75. The fourth-order valence-corrected chi connectivity index (χ4v) is 3.88. The van der Waals surface area contributed by atoms with E-state index < -0.39 is 0 Å². The minimum Gasteiger partial charge on any atom is -0.396 e. The number of aliphatic hydroxyl groups is 1. The molecule has 0 spiro atoms. The van der Waals surface area contributed by atoms with Gasteiger partial charge in [-0.3, -0.25) is 4.98 Å². The number of piperidine rings is 1. The first-order valence-corrected chi connectivity index (χ1v) is 7.46. The van der Waals surface area contributed by atoms with E-state index in [0.29, 0.717) is 24.6 Å². The summed E-state index contributed by atoms with van der Waals surface area (Å²) >= 11 is 0. The number of hydrogen-bond donors (Lipinski definition) is 1. The molecule has 20 heavy (non-hydrogen) atoms. The zero-order valence-electron chi connectivity index (χ0n) is 11.4. The Bertz CT molecular complexity index is 616.